The fraction of sp³-hybridized carbons (Fsp3) is 0.353. The highest BCUT2D eigenvalue weighted by Gasteiger charge is 2.18. The molecule has 0 bridgehead atoms. The number of methoxy groups -OCH3 is 1. The lowest BCUT2D eigenvalue weighted by Gasteiger charge is -2.29. The molecule has 2 heterocycles. The highest BCUT2D eigenvalue weighted by atomic mass is 16.5. The van der Waals surface area contributed by atoms with Crippen LogP contribution in [0.4, 0.5) is 5.69 Å². The van der Waals surface area contributed by atoms with Crippen molar-refractivity contribution in [2.24, 2.45) is 0 Å². The molecule has 0 unspecified atom stereocenters. The molecule has 1 aliphatic rings. The van der Waals surface area contributed by atoms with Gasteiger partial charge in [0.1, 0.15) is 5.75 Å². The van der Waals surface area contributed by atoms with E-state index in [9.17, 15) is 0 Å². The van der Waals surface area contributed by atoms with Gasteiger partial charge in [-0.25, -0.2) is 0 Å². The molecule has 1 aromatic carbocycles. The first-order valence-corrected chi connectivity index (χ1v) is 7.26. The predicted octanol–water partition coefficient (Wildman–Crippen LogP) is 2.54. The second-order valence-corrected chi connectivity index (χ2v) is 5.59. The maximum Gasteiger partial charge on any atom is 0.122 e. The number of aryl methyl sites for hydroxylation is 1. The Balaban J connectivity index is 1.77. The number of rotatable bonds is 3. The van der Waals surface area contributed by atoms with E-state index in [1.807, 2.05) is 31.2 Å². The van der Waals surface area contributed by atoms with Crippen LogP contribution in [0.3, 0.4) is 0 Å². The Kier molecular flexibility index (Phi) is 3.80. The molecule has 0 aliphatic carbocycles. The fourth-order valence-electron chi connectivity index (χ4n) is 2.96. The van der Waals surface area contributed by atoms with E-state index in [0.717, 1.165) is 48.9 Å². The van der Waals surface area contributed by atoms with Crippen molar-refractivity contribution in [3.8, 4) is 5.75 Å². The number of hydrogen-bond donors (Lipinski definition) is 1. The molecule has 0 saturated carbocycles. The van der Waals surface area contributed by atoms with Crippen molar-refractivity contribution in [2.75, 3.05) is 19.4 Å². The van der Waals surface area contributed by atoms with Crippen LogP contribution in [0, 0.1) is 6.92 Å². The summed E-state index contributed by atoms with van der Waals surface area (Å²) in [6, 6.07) is 10.2. The van der Waals surface area contributed by atoms with Crippen molar-refractivity contribution in [3.05, 3.63) is 52.8 Å². The Morgan fingerprint density at radius 1 is 1.33 bits per heavy atom. The molecule has 1 aliphatic heterocycles. The van der Waals surface area contributed by atoms with Crippen LogP contribution < -0.4 is 10.5 Å². The lowest BCUT2D eigenvalue weighted by atomic mass is 9.98. The van der Waals surface area contributed by atoms with E-state index < -0.39 is 0 Å². The number of hydrogen-bond acceptors (Lipinski definition) is 4. The van der Waals surface area contributed by atoms with Crippen LogP contribution in [0.15, 0.2) is 30.3 Å². The smallest absolute Gasteiger partial charge is 0.122 e. The molecule has 1 aromatic heterocycles. The van der Waals surface area contributed by atoms with Gasteiger partial charge < -0.3 is 10.5 Å². The molecule has 0 atom stereocenters. The van der Waals surface area contributed by atoms with Crippen LogP contribution in [0.5, 0.6) is 5.75 Å². The highest BCUT2D eigenvalue weighted by Crippen LogP contribution is 2.25. The maximum absolute atomic E-state index is 6.05. The third kappa shape index (κ3) is 3.00. The van der Waals surface area contributed by atoms with Crippen molar-refractivity contribution in [2.45, 2.75) is 26.4 Å². The number of pyridine rings is 1. The van der Waals surface area contributed by atoms with Gasteiger partial charge >= 0.3 is 0 Å². The van der Waals surface area contributed by atoms with Crippen molar-refractivity contribution >= 4 is 5.69 Å². The van der Waals surface area contributed by atoms with Crippen LogP contribution in [0.1, 0.15) is 22.5 Å². The number of aromatic nitrogens is 1. The van der Waals surface area contributed by atoms with Gasteiger partial charge in [-0.05, 0) is 30.5 Å². The standard InChI is InChI=1S/C17H21N3O/c1-12-8-15(21-2)9-14(19-12)11-20-7-6-16-13(10-20)4-3-5-17(16)18/h3-5,8-9H,6-7,10-11,18H2,1-2H3. The van der Waals surface area contributed by atoms with Gasteiger partial charge in [-0.1, -0.05) is 12.1 Å². The second kappa shape index (κ2) is 5.74. The third-order valence-corrected chi connectivity index (χ3v) is 3.98. The molecular formula is C17H21N3O. The van der Waals surface area contributed by atoms with Crippen LogP contribution >= 0.6 is 0 Å². The minimum Gasteiger partial charge on any atom is -0.497 e. The zero-order valence-corrected chi connectivity index (χ0v) is 12.6. The minimum absolute atomic E-state index is 0.840. The summed E-state index contributed by atoms with van der Waals surface area (Å²) < 4.78 is 5.32. The van der Waals surface area contributed by atoms with E-state index in [4.69, 9.17) is 10.5 Å². The monoisotopic (exact) mass is 283 g/mol. The minimum atomic E-state index is 0.840. The lowest BCUT2D eigenvalue weighted by Crippen LogP contribution is -2.30. The number of nitrogens with two attached hydrogens (primary N) is 1. The number of fused-ring (bicyclic) bond motifs is 1. The third-order valence-electron chi connectivity index (χ3n) is 3.98. The average molecular weight is 283 g/mol. The molecule has 0 saturated heterocycles. The van der Waals surface area contributed by atoms with Crippen molar-refractivity contribution in [3.63, 3.8) is 0 Å². The van der Waals surface area contributed by atoms with Gasteiger partial charge in [-0.15, -0.1) is 0 Å². The summed E-state index contributed by atoms with van der Waals surface area (Å²) in [6.45, 7) is 4.78. The van der Waals surface area contributed by atoms with Gasteiger partial charge in [0.05, 0.1) is 12.8 Å². The van der Waals surface area contributed by atoms with Gasteiger partial charge in [0, 0.05) is 43.1 Å². The largest absolute Gasteiger partial charge is 0.497 e. The molecule has 4 heteroatoms. The summed E-state index contributed by atoms with van der Waals surface area (Å²) in [5.74, 6) is 0.874. The molecule has 2 N–H and O–H groups in total. The molecule has 0 amide bonds. The van der Waals surface area contributed by atoms with E-state index in [1.165, 1.54) is 11.1 Å². The Hall–Kier alpha value is -2.07. The van der Waals surface area contributed by atoms with Crippen molar-refractivity contribution in [1.29, 1.82) is 0 Å². The second-order valence-electron chi connectivity index (χ2n) is 5.59. The molecule has 21 heavy (non-hydrogen) atoms. The fourth-order valence-corrected chi connectivity index (χ4v) is 2.96. The highest BCUT2D eigenvalue weighted by molar-refractivity contribution is 5.51. The summed E-state index contributed by atoms with van der Waals surface area (Å²) >= 11 is 0. The molecular weight excluding hydrogens is 262 g/mol. The predicted molar refractivity (Wildman–Crippen MR) is 84.2 cm³/mol. The van der Waals surface area contributed by atoms with Crippen LogP contribution in [-0.4, -0.2) is 23.5 Å². The molecule has 0 spiro atoms. The first kappa shape index (κ1) is 13.9. The van der Waals surface area contributed by atoms with E-state index in [2.05, 4.69) is 16.0 Å². The SMILES string of the molecule is COc1cc(C)nc(CN2CCc3c(N)cccc3C2)c1. The van der Waals surface area contributed by atoms with Crippen LogP contribution in [-0.2, 0) is 19.5 Å². The molecule has 110 valence electrons. The van der Waals surface area contributed by atoms with Crippen LogP contribution in [0.2, 0.25) is 0 Å². The van der Waals surface area contributed by atoms with Gasteiger partial charge in [0.25, 0.3) is 0 Å². The molecule has 4 nitrogen and oxygen atoms in total. The quantitative estimate of drug-likeness (QED) is 0.880. The molecule has 3 rings (SSSR count). The van der Waals surface area contributed by atoms with Crippen molar-refractivity contribution in [1.82, 2.24) is 9.88 Å². The first-order chi connectivity index (χ1) is 10.2. The number of ether oxygens (including phenoxy) is 1. The topological polar surface area (TPSA) is 51.4 Å². The summed E-state index contributed by atoms with van der Waals surface area (Å²) in [4.78, 5) is 7.01. The normalized spacial score (nSPS) is 14.8. The zero-order valence-electron chi connectivity index (χ0n) is 12.6. The molecule has 0 fully saturated rings. The summed E-state index contributed by atoms with van der Waals surface area (Å²) in [5.41, 5.74) is 11.7. The summed E-state index contributed by atoms with van der Waals surface area (Å²) in [6.07, 6.45) is 1.00. The Morgan fingerprint density at radius 2 is 2.19 bits per heavy atom. The number of nitrogen functional groups attached to an aromatic ring is 1. The molecule has 0 radical (unpaired) electrons. The van der Waals surface area contributed by atoms with E-state index in [-0.39, 0.29) is 0 Å². The Labute approximate surface area is 125 Å². The number of benzene rings is 1. The summed E-state index contributed by atoms with van der Waals surface area (Å²) in [5, 5.41) is 0. The maximum atomic E-state index is 6.05. The van der Waals surface area contributed by atoms with Crippen molar-refractivity contribution < 1.29 is 4.74 Å². The zero-order chi connectivity index (χ0) is 14.8. The van der Waals surface area contributed by atoms with Gasteiger partial charge in [0.2, 0.25) is 0 Å². The van der Waals surface area contributed by atoms with Gasteiger partial charge in [0.15, 0.2) is 0 Å². The number of nitrogens with zero attached hydrogens (tertiary/aromatic N) is 2. The van der Waals surface area contributed by atoms with E-state index in [0.29, 0.717) is 0 Å². The Morgan fingerprint density at radius 3 is 3.00 bits per heavy atom. The van der Waals surface area contributed by atoms with Crippen LogP contribution in [0.25, 0.3) is 0 Å². The van der Waals surface area contributed by atoms with Gasteiger partial charge in [-0.3, -0.25) is 9.88 Å². The Bertz CT molecular complexity index is 654. The average Bonchev–Trinajstić information content (AvgIpc) is 2.46. The summed E-state index contributed by atoms with van der Waals surface area (Å²) in [7, 11) is 1.69. The first-order valence-electron chi connectivity index (χ1n) is 7.26. The van der Waals surface area contributed by atoms with E-state index >= 15 is 0 Å². The van der Waals surface area contributed by atoms with Gasteiger partial charge in [-0.2, -0.15) is 0 Å². The lowest BCUT2D eigenvalue weighted by molar-refractivity contribution is 0.242. The molecule has 2 aromatic rings. The number of anilines is 1. The van der Waals surface area contributed by atoms with E-state index in [1.54, 1.807) is 7.11 Å².